The first kappa shape index (κ1) is 15.8. The number of aromatic nitrogens is 5. The summed E-state index contributed by atoms with van der Waals surface area (Å²) in [6.45, 7) is 0. The summed E-state index contributed by atoms with van der Waals surface area (Å²) in [7, 11) is 1.80. The third kappa shape index (κ3) is 3.13. The van der Waals surface area contributed by atoms with Gasteiger partial charge < -0.3 is 4.52 Å². The minimum atomic E-state index is -2.91. The van der Waals surface area contributed by atoms with Gasteiger partial charge in [0.05, 0.1) is 12.0 Å². The number of halogens is 3. The summed E-state index contributed by atoms with van der Waals surface area (Å²) in [5.74, 6) is 1.40. The second kappa shape index (κ2) is 5.98. The summed E-state index contributed by atoms with van der Waals surface area (Å²) in [5, 5.41) is 8.22. The van der Waals surface area contributed by atoms with Crippen molar-refractivity contribution in [3.63, 3.8) is 0 Å². The summed E-state index contributed by atoms with van der Waals surface area (Å²) in [6, 6.07) is 3.31. The Hall–Kier alpha value is -2.71. The van der Waals surface area contributed by atoms with Gasteiger partial charge in [-0.2, -0.15) is 10.1 Å². The van der Waals surface area contributed by atoms with Crippen LogP contribution in [0.4, 0.5) is 13.2 Å². The number of aryl methyl sites for hydroxylation is 1. The van der Waals surface area contributed by atoms with Crippen LogP contribution in [0, 0.1) is 5.82 Å². The van der Waals surface area contributed by atoms with E-state index in [1.165, 1.54) is 6.07 Å². The highest BCUT2D eigenvalue weighted by Gasteiger charge is 2.28. The van der Waals surface area contributed by atoms with Crippen LogP contribution in [-0.2, 0) is 13.5 Å². The minimum Gasteiger partial charge on any atom is -0.334 e. The van der Waals surface area contributed by atoms with Crippen LogP contribution in [0.5, 0.6) is 0 Å². The van der Waals surface area contributed by atoms with Crippen molar-refractivity contribution in [1.29, 1.82) is 0 Å². The van der Waals surface area contributed by atoms with E-state index in [1.54, 1.807) is 11.7 Å². The van der Waals surface area contributed by atoms with E-state index in [4.69, 9.17) is 4.52 Å². The number of hydrogen-bond acceptors (Lipinski definition) is 5. The molecule has 2 heterocycles. The van der Waals surface area contributed by atoms with Crippen LogP contribution in [0.2, 0.25) is 0 Å². The Labute approximate surface area is 140 Å². The summed E-state index contributed by atoms with van der Waals surface area (Å²) < 4.78 is 45.8. The monoisotopic (exact) mass is 349 g/mol. The number of hydrogen-bond donors (Lipinski definition) is 0. The molecule has 9 heteroatoms. The Morgan fingerprint density at radius 1 is 1.28 bits per heavy atom. The maximum Gasteiger partial charge on any atom is 0.266 e. The fourth-order valence-corrected chi connectivity index (χ4v) is 2.54. The molecule has 1 aliphatic rings. The first-order valence-electron chi connectivity index (χ1n) is 7.81. The predicted molar refractivity (Wildman–Crippen MR) is 80.4 cm³/mol. The van der Waals surface area contributed by atoms with Gasteiger partial charge in [0, 0.05) is 18.5 Å². The molecule has 4 rings (SSSR count). The van der Waals surface area contributed by atoms with E-state index in [9.17, 15) is 13.2 Å². The normalized spacial score (nSPS) is 14.4. The van der Waals surface area contributed by atoms with Crippen LogP contribution < -0.4 is 0 Å². The highest BCUT2D eigenvalue weighted by molar-refractivity contribution is 5.54. The van der Waals surface area contributed by atoms with Crippen LogP contribution in [0.25, 0.3) is 11.5 Å². The molecule has 3 aromatic rings. The van der Waals surface area contributed by atoms with Gasteiger partial charge in [-0.3, -0.25) is 4.68 Å². The molecule has 0 radical (unpaired) electrons. The van der Waals surface area contributed by atoms with Gasteiger partial charge >= 0.3 is 0 Å². The third-order valence-corrected chi connectivity index (χ3v) is 4.07. The summed E-state index contributed by atoms with van der Waals surface area (Å²) in [4.78, 5) is 8.67. The minimum absolute atomic E-state index is 0.0569. The molecule has 1 aromatic carbocycles. The van der Waals surface area contributed by atoms with E-state index < -0.39 is 17.8 Å². The van der Waals surface area contributed by atoms with E-state index in [-0.39, 0.29) is 11.5 Å². The lowest BCUT2D eigenvalue weighted by atomic mass is 10.1. The zero-order valence-corrected chi connectivity index (χ0v) is 13.3. The van der Waals surface area contributed by atoms with E-state index in [0.29, 0.717) is 24.0 Å². The molecule has 0 spiro atoms. The Morgan fingerprint density at radius 3 is 2.80 bits per heavy atom. The van der Waals surface area contributed by atoms with Crippen LogP contribution in [0.3, 0.4) is 0 Å². The average Bonchev–Trinajstić information content (AvgIpc) is 3.22. The second-order valence-electron chi connectivity index (χ2n) is 6.01. The van der Waals surface area contributed by atoms with Crippen LogP contribution in [-0.4, -0.2) is 24.9 Å². The molecule has 1 aliphatic carbocycles. The molecule has 0 bridgehead atoms. The van der Waals surface area contributed by atoms with Gasteiger partial charge in [-0.25, -0.2) is 18.2 Å². The van der Waals surface area contributed by atoms with Gasteiger partial charge in [0.15, 0.2) is 11.6 Å². The topological polar surface area (TPSA) is 69.6 Å². The number of benzene rings is 1. The first-order chi connectivity index (χ1) is 12.0. The Kier molecular flexibility index (Phi) is 3.78. The summed E-state index contributed by atoms with van der Waals surface area (Å²) in [5.41, 5.74) is -0.452. The van der Waals surface area contributed by atoms with Crippen molar-refractivity contribution >= 4 is 0 Å². The van der Waals surface area contributed by atoms with Crippen molar-refractivity contribution in [2.24, 2.45) is 7.05 Å². The zero-order valence-electron chi connectivity index (χ0n) is 13.3. The van der Waals surface area contributed by atoms with E-state index in [0.717, 1.165) is 30.8 Å². The largest absolute Gasteiger partial charge is 0.334 e. The lowest BCUT2D eigenvalue weighted by molar-refractivity contribution is 0.146. The van der Waals surface area contributed by atoms with Crippen molar-refractivity contribution in [3.05, 3.63) is 47.1 Å². The molecule has 0 aliphatic heterocycles. The maximum absolute atomic E-state index is 13.4. The van der Waals surface area contributed by atoms with Gasteiger partial charge in [0.1, 0.15) is 11.6 Å². The first-order valence-corrected chi connectivity index (χ1v) is 7.81. The summed E-state index contributed by atoms with van der Waals surface area (Å²) >= 11 is 0. The fourth-order valence-electron chi connectivity index (χ4n) is 2.54. The van der Waals surface area contributed by atoms with Gasteiger partial charge in [0.2, 0.25) is 0 Å². The SMILES string of the molecule is Cn1nc(C2CC2)nc1Cc1noc(-c2ccc(F)c(C(F)F)c2)n1. The fraction of sp³-hybridized carbons (Fsp3) is 0.375. The van der Waals surface area contributed by atoms with Crippen LogP contribution in [0.15, 0.2) is 22.7 Å². The predicted octanol–water partition coefficient (Wildman–Crippen LogP) is 3.41. The maximum atomic E-state index is 13.4. The molecular formula is C16H14F3N5O. The molecular weight excluding hydrogens is 335 g/mol. The third-order valence-electron chi connectivity index (χ3n) is 4.07. The molecule has 0 atom stereocenters. The Bertz CT molecular complexity index is 916. The molecule has 0 unspecified atom stereocenters. The van der Waals surface area contributed by atoms with Crippen LogP contribution in [0.1, 0.15) is 48.2 Å². The van der Waals surface area contributed by atoms with Gasteiger partial charge in [0.25, 0.3) is 12.3 Å². The van der Waals surface area contributed by atoms with Gasteiger partial charge in [-0.1, -0.05) is 5.16 Å². The van der Waals surface area contributed by atoms with Crippen molar-refractivity contribution in [2.45, 2.75) is 31.6 Å². The summed E-state index contributed by atoms with van der Waals surface area (Å²) in [6.07, 6.45) is -0.399. The highest BCUT2D eigenvalue weighted by atomic mass is 19.3. The Morgan fingerprint density at radius 2 is 2.08 bits per heavy atom. The van der Waals surface area contributed by atoms with Gasteiger partial charge in [-0.15, -0.1) is 0 Å². The van der Waals surface area contributed by atoms with Gasteiger partial charge in [-0.05, 0) is 31.0 Å². The van der Waals surface area contributed by atoms with Crippen molar-refractivity contribution in [1.82, 2.24) is 24.9 Å². The number of nitrogens with zero attached hydrogens (tertiary/aromatic N) is 5. The molecule has 0 N–H and O–H groups in total. The van der Waals surface area contributed by atoms with Crippen LogP contribution >= 0.6 is 0 Å². The van der Waals surface area contributed by atoms with E-state index in [2.05, 4.69) is 20.2 Å². The van der Waals surface area contributed by atoms with Crippen molar-refractivity contribution in [2.75, 3.05) is 0 Å². The standard InChI is InChI=1S/C16H14F3N5O/c1-24-13(21-15(22-24)8-2-3-8)7-12-20-16(25-23-12)9-4-5-11(17)10(6-9)14(18)19/h4-6,8,14H,2-3,7H2,1H3. The van der Waals surface area contributed by atoms with Crippen molar-refractivity contribution < 1.29 is 17.7 Å². The molecule has 0 saturated heterocycles. The molecule has 25 heavy (non-hydrogen) atoms. The van der Waals surface area contributed by atoms with Crippen molar-refractivity contribution in [3.8, 4) is 11.5 Å². The van der Waals surface area contributed by atoms with E-state index >= 15 is 0 Å². The molecule has 2 aromatic heterocycles. The van der Waals surface area contributed by atoms with E-state index in [1.807, 2.05) is 0 Å². The molecule has 1 saturated carbocycles. The number of alkyl halides is 2. The highest BCUT2D eigenvalue weighted by Crippen LogP contribution is 2.38. The lowest BCUT2D eigenvalue weighted by Gasteiger charge is -2.02. The second-order valence-corrected chi connectivity index (χ2v) is 6.01. The quantitative estimate of drug-likeness (QED) is 0.706. The lowest BCUT2D eigenvalue weighted by Crippen LogP contribution is -2.01. The molecule has 0 amide bonds. The molecule has 130 valence electrons. The Balaban J connectivity index is 1.57. The average molecular weight is 349 g/mol. The molecule has 1 fully saturated rings. The smallest absolute Gasteiger partial charge is 0.266 e. The number of rotatable bonds is 5. The molecule has 6 nitrogen and oxygen atoms in total. The zero-order chi connectivity index (χ0) is 17.6.